The normalized spacial score (nSPS) is 17.5. The number of para-hydroxylation sites is 1. The van der Waals surface area contributed by atoms with E-state index in [4.69, 9.17) is 0 Å². The van der Waals surface area contributed by atoms with Crippen molar-refractivity contribution in [2.24, 2.45) is 0 Å². The van der Waals surface area contributed by atoms with Crippen molar-refractivity contribution in [3.63, 3.8) is 0 Å². The number of hydrogen-bond donors (Lipinski definition) is 1. The van der Waals surface area contributed by atoms with E-state index in [1.807, 2.05) is 42.3 Å². The highest BCUT2D eigenvalue weighted by atomic mass is 32.2. The zero-order chi connectivity index (χ0) is 13.7. The second-order valence-electron chi connectivity index (χ2n) is 4.35. The van der Waals surface area contributed by atoms with E-state index >= 15 is 0 Å². The molecule has 1 aliphatic heterocycles. The Morgan fingerprint density at radius 2 is 2.21 bits per heavy atom. The second kappa shape index (κ2) is 6.47. The fourth-order valence-corrected chi connectivity index (χ4v) is 2.90. The van der Waals surface area contributed by atoms with E-state index in [1.165, 1.54) is 11.8 Å². The van der Waals surface area contributed by atoms with Gasteiger partial charge < -0.3 is 10.2 Å². The largest absolute Gasteiger partial charge is 0.374 e. The lowest BCUT2D eigenvalue weighted by molar-refractivity contribution is -0.426. The number of nitro groups is 1. The Morgan fingerprint density at radius 1 is 1.47 bits per heavy atom. The summed E-state index contributed by atoms with van der Waals surface area (Å²) in [6, 6.07) is 9.69. The topological polar surface area (TPSA) is 58.4 Å². The lowest BCUT2D eigenvalue weighted by Gasteiger charge is -2.21. The van der Waals surface area contributed by atoms with Crippen LogP contribution in [-0.4, -0.2) is 30.8 Å². The van der Waals surface area contributed by atoms with Gasteiger partial charge in [-0.05, 0) is 18.6 Å². The van der Waals surface area contributed by atoms with Gasteiger partial charge in [-0.15, -0.1) is 11.8 Å². The summed E-state index contributed by atoms with van der Waals surface area (Å²) in [6.45, 7) is 1.11. The number of thioether (sulfide) groups is 1. The van der Waals surface area contributed by atoms with Crippen LogP contribution in [0.1, 0.15) is 6.42 Å². The molecule has 0 unspecified atom stereocenters. The summed E-state index contributed by atoms with van der Waals surface area (Å²) in [5.41, 5.74) is 1.22. The summed E-state index contributed by atoms with van der Waals surface area (Å²) in [7, 11) is 1.87. The van der Waals surface area contributed by atoms with E-state index in [1.54, 1.807) is 0 Å². The van der Waals surface area contributed by atoms with Gasteiger partial charge in [-0.3, -0.25) is 10.1 Å². The third-order valence-electron chi connectivity index (χ3n) is 2.92. The average molecular weight is 279 g/mol. The van der Waals surface area contributed by atoms with Crippen LogP contribution in [0.4, 0.5) is 5.69 Å². The molecular weight excluding hydrogens is 262 g/mol. The molecule has 1 aliphatic rings. The van der Waals surface area contributed by atoms with Crippen molar-refractivity contribution < 1.29 is 4.92 Å². The molecule has 102 valence electrons. The molecule has 0 radical (unpaired) electrons. The molecule has 0 aromatic heterocycles. The van der Waals surface area contributed by atoms with E-state index in [-0.39, 0.29) is 10.6 Å². The number of nitrogens with zero attached hydrogens (tertiary/aromatic N) is 2. The predicted molar refractivity (Wildman–Crippen MR) is 78.8 cm³/mol. The van der Waals surface area contributed by atoms with E-state index in [2.05, 4.69) is 5.32 Å². The number of likely N-dealkylation sites (N-methyl/N-ethyl adjacent to an activating group) is 1. The van der Waals surface area contributed by atoms with Crippen LogP contribution in [0, 0.1) is 10.1 Å². The van der Waals surface area contributed by atoms with Crippen LogP contribution < -0.4 is 10.2 Å². The van der Waals surface area contributed by atoms with Crippen molar-refractivity contribution in [2.45, 2.75) is 6.42 Å². The lowest BCUT2D eigenvalue weighted by Crippen LogP contribution is -2.29. The van der Waals surface area contributed by atoms with Crippen molar-refractivity contribution >= 4 is 17.4 Å². The molecule has 1 saturated heterocycles. The van der Waals surface area contributed by atoms with Gasteiger partial charge in [-0.2, -0.15) is 0 Å². The minimum absolute atomic E-state index is 0.246. The van der Waals surface area contributed by atoms with Crippen LogP contribution in [-0.2, 0) is 0 Å². The van der Waals surface area contributed by atoms with E-state index in [9.17, 15) is 10.1 Å². The quantitative estimate of drug-likeness (QED) is 0.677. The summed E-state index contributed by atoms with van der Waals surface area (Å²) in [4.78, 5) is 12.8. The second-order valence-corrected chi connectivity index (χ2v) is 5.46. The highest BCUT2D eigenvalue weighted by Gasteiger charge is 2.23. The molecular formula is C13H17N3O2S. The predicted octanol–water partition coefficient (Wildman–Crippen LogP) is 2.30. The first-order valence-corrected chi connectivity index (χ1v) is 7.17. The number of hydrogen-bond acceptors (Lipinski definition) is 5. The highest BCUT2D eigenvalue weighted by molar-refractivity contribution is 8.03. The summed E-state index contributed by atoms with van der Waals surface area (Å²) in [6.07, 6.45) is 1.05. The summed E-state index contributed by atoms with van der Waals surface area (Å²) < 4.78 is 0. The van der Waals surface area contributed by atoms with Gasteiger partial charge in [0, 0.05) is 25.0 Å². The van der Waals surface area contributed by atoms with Crippen LogP contribution in [0.3, 0.4) is 0 Å². The maximum Gasteiger partial charge on any atom is 0.294 e. The summed E-state index contributed by atoms with van der Waals surface area (Å²) in [5, 5.41) is 15.1. The first-order chi connectivity index (χ1) is 9.18. The Balaban J connectivity index is 2.15. The summed E-state index contributed by atoms with van der Waals surface area (Å²) in [5.74, 6) is 0.939. The zero-order valence-electron chi connectivity index (χ0n) is 10.8. The van der Waals surface area contributed by atoms with E-state index < -0.39 is 0 Å². The lowest BCUT2D eigenvalue weighted by atomic mass is 10.3. The maximum absolute atomic E-state index is 11.2. The van der Waals surface area contributed by atoms with Gasteiger partial charge in [0.25, 0.3) is 5.70 Å². The SMILES string of the molecule is CN(CC(=C1NCCCS1)[N+](=O)[O-])c1ccccc1. The van der Waals surface area contributed by atoms with Gasteiger partial charge in [0.1, 0.15) is 11.6 Å². The summed E-state index contributed by atoms with van der Waals surface area (Å²) >= 11 is 1.54. The monoisotopic (exact) mass is 279 g/mol. The average Bonchev–Trinajstić information content (AvgIpc) is 2.46. The van der Waals surface area contributed by atoms with E-state index in [0.717, 1.165) is 24.4 Å². The molecule has 0 saturated carbocycles. The van der Waals surface area contributed by atoms with Gasteiger partial charge >= 0.3 is 0 Å². The van der Waals surface area contributed by atoms with Gasteiger partial charge in [-0.1, -0.05) is 18.2 Å². The number of benzene rings is 1. The molecule has 1 aromatic carbocycles. The molecule has 6 heteroatoms. The molecule has 5 nitrogen and oxygen atoms in total. The minimum atomic E-state index is -0.278. The fraction of sp³-hybridized carbons (Fsp3) is 0.385. The number of anilines is 1. The smallest absolute Gasteiger partial charge is 0.294 e. The number of rotatable bonds is 4. The van der Waals surface area contributed by atoms with Gasteiger partial charge in [0.05, 0.1) is 4.92 Å². The first kappa shape index (κ1) is 13.7. The molecule has 0 atom stereocenters. The molecule has 19 heavy (non-hydrogen) atoms. The minimum Gasteiger partial charge on any atom is -0.374 e. The van der Waals surface area contributed by atoms with Crippen LogP contribution >= 0.6 is 11.8 Å². The van der Waals surface area contributed by atoms with E-state index in [0.29, 0.717) is 11.6 Å². The van der Waals surface area contributed by atoms with Gasteiger partial charge in [0.2, 0.25) is 0 Å². The van der Waals surface area contributed by atoms with Crippen LogP contribution in [0.2, 0.25) is 0 Å². The Bertz CT molecular complexity index is 468. The van der Waals surface area contributed by atoms with Crippen LogP contribution in [0.15, 0.2) is 41.1 Å². The first-order valence-electron chi connectivity index (χ1n) is 6.19. The molecule has 1 fully saturated rings. The van der Waals surface area contributed by atoms with Crippen LogP contribution in [0.5, 0.6) is 0 Å². The molecule has 0 aliphatic carbocycles. The third-order valence-corrected chi connectivity index (χ3v) is 4.08. The van der Waals surface area contributed by atoms with Gasteiger partial charge in [0.15, 0.2) is 0 Å². The van der Waals surface area contributed by atoms with Gasteiger partial charge in [-0.25, -0.2) is 0 Å². The Hall–Kier alpha value is -1.69. The standard InChI is InChI=1S/C13H17N3O2S/c1-15(11-6-3-2-4-7-11)10-12(16(17)18)13-14-8-5-9-19-13/h2-4,6-7,14H,5,8-10H2,1H3. The molecule has 1 aromatic rings. The highest BCUT2D eigenvalue weighted by Crippen LogP contribution is 2.23. The molecule has 1 N–H and O–H groups in total. The van der Waals surface area contributed by atoms with Crippen molar-refractivity contribution in [2.75, 3.05) is 30.8 Å². The maximum atomic E-state index is 11.2. The van der Waals surface area contributed by atoms with Crippen LogP contribution in [0.25, 0.3) is 0 Å². The van der Waals surface area contributed by atoms with Crippen molar-refractivity contribution in [3.05, 3.63) is 51.2 Å². The molecule has 0 spiro atoms. The Kier molecular flexibility index (Phi) is 4.68. The Morgan fingerprint density at radius 3 is 2.79 bits per heavy atom. The van der Waals surface area contributed by atoms with Crippen molar-refractivity contribution in [1.29, 1.82) is 0 Å². The fourth-order valence-electron chi connectivity index (χ4n) is 1.90. The molecule has 0 bridgehead atoms. The Labute approximate surface area is 116 Å². The zero-order valence-corrected chi connectivity index (χ0v) is 11.7. The molecule has 2 rings (SSSR count). The molecule has 0 amide bonds. The third kappa shape index (κ3) is 3.64. The number of nitrogens with one attached hydrogen (secondary N) is 1. The van der Waals surface area contributed by atoms with Crippen molar-refractivity contribution in [3.8, 4) is 0 Å². The molecule has 1 heterocycles. The van der Waals surface area contributed by atoms with Crippen molar-refractivity contribution in [1.82, 2.24) is 5.32 Å².